The van der Waals surface area contributed by atoms with Crippen LogP contribution in [0.25, 0.3) is 5.69 Å². The molecule has 1 amide bonds. The molecule has 1 saturated heterocycles. The van der Waals surface area contributed by atoms with Crippen LogP contribution in [0.2, 0.25) is 0 Å². The number of para-hydroxylation sites is 1. The molecule has 1 aliphatic rings. The predicted octanol–water partition coefficient (Wildman–Crippen LogP) is 1.34. The Morgan fingerprint density at radius 2 is 1.93 bits per heavy atom. The first kappa shape index (κ1) is 19.5. The van der Waals surface area contributed by atoms with Crippen LogP contribution in [0.1, 0.15) is 15.9 Å². The lowest BCUT2D eigenvalue weighted by atomic mass is 10.1. The first-order valence-corrected chi connectivity index (χ1v) is 9.36. The number of methoxy groups -OCH3 is 1. The number of rotatable bonds is 7. The summed E-state index contributed by atoms with van der Waals surface area (Å²) < 4.78 is 6.95. The highest BCUT2D eigenvalue weighted by Crippen LogP contribution is 2.18. The van der Waals surface area contributed by atoms with Crippen LogP contribution >= 0.6 is 0 Å². The lowest BCUT2D eigenvalue weighted by molar-refractivity contribution is 0.0594. The standard InChI is InChI=1S/C20H29N5O2/c1-22(2)15-17-14-21-25(16-17)19-7-5-4-6-18(19)20(26)24-10-8-23(9-11-24)12-13-27-3/h4-7,14,16H,8-13,15H2,1-3H3. The molecule has 0 bridgehead atoms. The fourth-order valence-corrected chi connectivity index (χ4v) is 3.36. The van der Waals surface area contributed by atoms with E-state index in [-0.39, 0.29) is 5.91 Å². The summed E-state index contributed by atoms with van der Waals surface area (Å²) in [6, 6.07) is 7.70. The van der Waals surface area contributed by atoms with E-state index in [0.717, 1.165) is 57.1 Å². The summed E-state index contributed by atoms with van der Waals surface area (Å²) in [5.41, 5.74) is 2.64. The van der Waals surface area contributed by atoms with Gasteiger partial charge in [0.15, 0.2) is 0 Å². The number of carbonyl (C=O) groups is 1. The molecular weight excluding hydrogens is 342 g/mol. The van der Waals surface area contributed by atoms with Gasteiger partial charge in [-0.2, -0.15) is 5.10 Å². The Labute approximate surface area is 161 Å². The molecule has 1 aliphatic heterocycles. The van der Waals surface area contributed by atoms with Gasteiger partial charge in [0.1, 0.15) is 0 Å². The van der Waals surface area contributed by atoms with Gasteiger partial charge in [-0.1, -0.05) is 12.1 Å². The molecule has 0 radical (unpaired) electrons. The molecule has 1 fully saturated rings. The molecule has 2 aromatic rings. The highest BCUT2D eigenvalue weighted by molar-refractivity contribution is 5.97. The molecule has 0 N–H and O–H groups in total. The Morgan fingerprint density at radius 3 is 2.63 bits per heavy atom. The van der Waals surface area contributed by atoms with Crippen molar-refractivity contribution in [2.45, 2.75) is 6.54 Å². The van der Waals surface area contributed by atoms with Gasteiger partial charge in [-0.3, -0.25) is 9.69 Å². The summed E-state index contributed by atoms with van der Waals surface area (Å²) in [4.78, 5) is 19.5. The van der Waals surface area contributed by atoms with Gasteiger partial charge in [-0.05, 0) is 26.2 Å². The number of nitrogens with zero attached hydrogens (tertiary/aromatic N) is 5. The molecule has 7 nitrogen and oxygen atoms in total. The molecule has 2 heterocycles. The van der Waals surface area contributed by atoms with Crippen LogP contribution in [-0.2, 0) is 11.3 Å². The number of carbonyl (C=O) groups excluding carboxylic acids is 1. The zero-order chi connectivity index (χ0) is 19.2. The van der Waals surface area contributed by atoms with E-state index < -0.39 is 0 Å². The Morgan fingerprint density at radius 1 is 1.19 bits per heavy atom. The van der Waals surface area contributed by atoms with Crippen molar-refractivity contribution >= 4 is 5.91 Å². The van der Waals surface area contributed by atoms with Crippen molar-refractivity contribution in [2.75, 3.05) is 60.5 Å². The van der Waals surface area contributed by atoms with Crippen molar-refractivity contribution in [1.29, 1.82) is 0 Å². The van der Waals surface area contributed by atoms with E-state index in [9.17, 15) is 4.79 Å². The number of hydrogen-bond acceptors (Lipinski definition) is 5. The lowest BCUT2D eigenvalue weighted by Crippen LogP contribution is -2.49. The quantitative estimate of drug-likeness (QED) is 0.735. The Bertz CT molecular complexity index is 750. The molecule has 146 valence electrons. The van der Waals surface area contributed by atoms with Gasteiger partial charge >= 0.3 is 0 Å². The summed E-state index contributed by atoms with van der Waals surface area (Å²) >= 11 is 0. The Kier molecular flexibility index (Phi) is 6.60. The topological polar surface area (TPSA) is 53.8 Å². The minimum absolute atomic E-state index is 0.0710. The summed E-state index contributed by atoms with van der Waals surface area (Å²) in [6.45, 7) is 5.70. The molecule has 0 saturated carbocycles. The maximum Gasteiger partial charge on any atom is 0.256 e. The van der Waals surface area contributed by atoms with Crippen molar-refractivity contribution in [3.8, 4) is 5.69 Å². The first-order valence-electron chi connectivity index (χ1n) is 9.36. The Balaban J connectivity index is 1.72. The lowest BCUT2D eigenvalue weighted by Gasteiger charge is -2.34. The SMILES string of the molecule is COCCN1CCN(C(=O)c2ccccc2-n2cc(CN(C)C)cn2)CC1. The molecule has 1 aromatic carbocycles. The average Bonchev–Trinajstić information content (AvgIpc) is 3.14. The van der Waals surface area contributed by atoms with Crippen molar-refractivity contribution in [3.63, 3.8) is 0 Å². The van der Waals surface area contributed by atoms with Crippen molar-refractivity contribution in [2.24, 2.45) is 0 Å². The second-order valence-electron chi connectivity index (χ2n) is 7.17. The highest BCUT2D eigenvalue weighted by atomic mass is 16.5. The maximum absolute atomic E-state index is 13.1. The second-order valence-corrected chi connectivity index (χ2v) is 7.17. The zero-order valence-corrected chi connectivity index (χ0v) is 16.5. The van der Waals surface area contributed by atoms with E-state index in [1.807, 2.05) is 55.7 Å². The minimum Gasteiger partial charge on any atom is -0.383 e. The third kappa shape index (κ3) is 4.94. The number of hydrogen-bond donors (Lipinski definition) is 0. The number of aromatic nitrogens is 2. The predicted molar refractivity (Wildman–Crippen MR) is 105 cm³/mol. The molecule has 3 rings (SSSR count). The van der Waals surface area contributed by atoms with Gasteiger partial charge in [-0.25, -0.2) is 4.68 Å². The summed E-state index contributed by atoms with van der Waals surface area (Å²) in [5, 5.41) is 4.47. The first-order chi connectivity index (χ1) is 13.1. The van der Waals surface area contributed by atoms with Gasteiger partial charge in [0.2, 0.25) is 0 Å². The monoisotopic (exact) mass is 371 g/mol. The largest absolute Gasteiger partial charge is 0.383 e. The number of piperazine rings is 1. The van der Waals surface area contributed by atoms with Crippen LogP contribution in [0.5, 0.6) is 0 Å². The van der Waals surface area contributed by atoms with Gasteiger partial charge in [0.25, 0.3) is 5.91 Å². The van der Waals surface area contributed by atoms with Crippen LogP contribution in [0.4, 0.5) is 0 Å². The summed E-state index contributed by atoms with van der Waals surface area (Å²) in [5.74, 6) is 0.0710. The van der Waals surface area contributed by atoms with Gasteiger partial charge < -0.3 is 14.5 Å². The summed E-state index contributed by atoms with van der Waals surface area (Å²) in [6.07, 6.45) is 3.85. The Hall–Kier alpha value is -2.22. The van der Waals surface area contributed by atoms with E-state index >= 15 is 0 Å². The molecule has 7 heteroatoms. The molecule has 0 unspecified atom stereocenters. The van der Waals surface area contributed by atoms with Crippen molar-refractivity contribution in [3.05, 3.63) is 47.8 Å². The van der Waals surface area contributed by atoms with Crippen molar-refractivity contribution in [1.82, 2.24) is 24.5 Å². The number of amides is 1. The van der Waals surface area contributed by atoms with Gasteiger partial charge in [0.05, 0.1) is 24.1 Å². The number of benzene rings is 1. The summed E-state index contributed by atoms with van der Waals surface area (Å²) in [7, 11) is 5.78. The average molecular weight is 371 g/mol. The van der Waals surface area contributed by atoms with Crippen LogP contribution < -0.4 is 0 Å². The van der Waals surface area contributed by atoms with Crippen LogP contribution in [0.3, 0.4) is 0 Å². The molecule has 27 heavy (non-hydrogen) atoms. The van der Waals surface area contributed by atoms with E-state index in [1.54, 1.807) is 11.8 Å². The third-order valence-corrected chi connectivity index (χ3v) is 4.79. The second kappa shape index (κ2) is 9.12. The molecule has 0 spiro atoms. The van der Waals surface area contributed by atoms with E-state index in [2.05, 4.69) is 14.9 Å². The van der Waals surface area contributed by atoms with Crippen LogP contribution in [-0.4, -0.2) is 90.9 Å². The minimum atomic E-state index is 0.0710. The van der Waals surface area contributed by atoms with Gasteiger partial charge in [-0.15, -0.1) is 0 Å². The van der Waals surface area contributed by atoms with E-state index in [1.165, 1.54) is 0 Å². The highest BCUT2D eigenvalue weighted by Gasteiger charge is 2.24. The normalized spacial score (nSPS) is 15.5. The molecule has 0 atom stereocenters. The van der Waals surface area contributed by atoms with E-state index in [4.69, 9.17) is 4.74 Å². The fourth-order valence-electron chi connectivity index (χ4n) is 3.36. The smallest absolute Gasteiger partial charge is 0.256 e. The van der Waals surface area contributed by atoms with Crippen LogP contribution in [0, 0.1) is 0 Å². The molecular formula is C20H29N5O2. The van der Waals surface area contributed by atoms with Gasteiger partial charge in [0, 0.05) is 58.1 Å². The maximum atomic E-state index is 13.1. The van der Waals surface area contributed by atoms with Crippen molar-refractivity contribution < 1.29 is 9.53 Å². The third-order valence-electron chi connectivity index (χ3n) is 4.79. The zero-order valence-electron chi connectivity index (χ0n) is 16.5. The van der Waals surface area contributed by atoms with E-state index in [0.29, 0.717) is 5.56 Å². The fraction of sp³-hybridized carbons (Fsp3) is 0.500. The molecule has 0 aliphatic carbocycles. The number of ether oxygens (including phenoxy) is 1. The van der Waals surface area contributed by atoms with Crippen LogP contribution in [0.15, 0.2) is 36.7 Å². The molecule has 1 aromatic heterocycles.